The number of rotatable bonds is 8. The van der Waals surface area contributed by atoms with Gasteiger partial charge >= 0.3 is 5.97 Å². The van der Waals surface area contributed by atoms with Crippen molar-refractivity contribution in [3.63, 3.8) is 0 Å². The normalized spacial score (nSPS) is 27.8. The van der Waals surface area contributed by atoms with E-state index < -0.39 is 0 Å². The fourth-order valence-electron chi connectivity index (χ4n) is 5.21. The molecule has 0 saturated heterocycles. The van der Waals surface area contributed by atoms with Crippen molar-refractivity contribution >= 4 is 5.97 Å². The number of allylic oxidation sites excluding steroid dienone is 2. The molecular weight excluding hydrogens is 356 g/mol. The van der Waals surface area contributed by atoms with E-state index >= 15 is 0 Å². The number of hydrogen-bond acceptors (Lipinski definition) is 2. The molecule has 2 nitrogen and oxygen atoms in total. The third-order valence-corrected chi connectivity index (χ3v) is 7.25. The van der Waals surface area contributed by atoms with Crippen LogP contribution in [0.1, 0.15) is 94.6 Å². The van der Waals surface area contributed by atoms with Crippen LogP contribution in [0, 0.1) is 17.8 Å². The molecule has 2 aliphatic rings. The standard InChI is InChI=1S/C27H40O2/c1-3-4-5-6-21-9-15-24(16-10-21)25-17-11-22(12-18-25)7-8-23-13-19-26(20-14-23)27(28)29-2/h7-10,15-16,22-23,25-26H,3-6,11-14,17-20H2,1-2H3/t22-,23-,25-,26-. The molecule has 0 unspecified atom stereocenters. The van der Waals surface area contributed by atoms with Crippen molar-refractivity contribution < 1.29 is 9.53 Å². The Kier molecular flexibility index (Phi) is 8.83. The number of carbonyl (C=O) groups is 1. The molecule has 3 rings (SSSR count). The molecule has 160 valence electrons. The van der Waals surface area contributed by atoms with Crippen molar-refractivity contribution in [1.29, 1.82) is 0 Å². The number of methoxy groups -OCH3 is 1. The van der Waals surface area contributed by atoms with Crippen molar-refractivity contribution in [2.45, 2.75) is 89.9 Å². The van der Waals surface area contributed by atoms with Gasteiger partial charge in [0.15, 0.2) is 0 Å². The maximum Gasteiger partial charge on any atom is 0.308 e. The van der Waals surface area contributed by atoms with Gasteiger partial charge in [-0.3, -0.25) is 4.79 Å². The van der Waals surface area contributed by atoms with Gasteiger partial charge in [-0.15, -0.1) is 0 Å². The van der Waals surface area contributed by atoms with Crippen LogP contribution in [-0.2, 0) is 16.0 Å². The Hall–Kier alpha value is -1.57. The summed E-state index contributed by atoms with van der Waals surface area (Å²) in [5, 5.41) is 0. The molecule has 0 amide bonds. The van der Waals surface area contributed by atoms with Crippen LogP contribution in [0.15, 0.2) is 36.4 Å². The highest BCUT2D eigenvalue weighted by atomic mass is 16.5. The fraction of sp³-hybridized carbons (Fsp3) is 0.667. The van der Waals surface area contributed by atoms with Crippen molar-refractivity contribution in [2.75, 3.05) is 7.11 Å². The molecular formula is C27H40O2. The molecule has 2 saturated carbocycles. The van der Waals surface area contributed by atoms with Crippen LogP contribution >= 0.6 is 0 Å². The van der Waals surface area contributed by atoms with Crippen LogP contribution in [0.5, 0.6) is 0 Å². The van der Waals surface area contributed by atoms with Crippen molar-refractivity contribution in [3.05, 3.63) is 47.5 Å². The first-order valence-corrected chi connectivity index (χ1v) is 12.0. The number of benzene rings is 1. The van der Waals surface area contributed by atoms with Crippen molar-refractivity contribution in [1.82, 2.24) is 0 Å². The number of esters is 1. The summed E-state index contributed by atoms with van der Waals surface area (Å²) in [7, 11) is 1.51. The van der Waals surface area contributed by atoms with Gasteiger partial charge in [0.1, 0.15) is 0 Å². The van der Waals surface area contributed by atoms with Crippen molar-refractivity contribution in [3.8, 4) is 0 Å². The molecule has 0 bridgehead atoms. The minimum atomic E-state index is -0.0141. The predicted molar refractivity (Wildman–Crippen MR) is 121 cm³/mol. The van der Waals surface area contributed by atoms with Crippen LogP contribution in [0.3, 0.4) is 0 Å². The summed E-state index contributed by atoms with van der Waals surface area (Å²) in [6.45, 7) is 2.27. The lowest BCUT2D eigenvalue weighted by molar-refractivity contribution is -0.146. The lowest BCUT2D eigenvalue weighted by Crippen LogP contribution is -2.22. The first kappa shape index (κ1) is 22.1. The topological polar surface area (TPSA) is 26.3 Å². The minimum absolute atomic E-state index is 0.0141. The van der Waals surface area contributed by atoms with Crippen LogP contribution in [0.4, 0.5) is 0 Å². The Bertz CT molecular complexity index is 629. The van der Waals surface area contributed by atoms with E-state index in [0.29, 0.717) is 5.92 Å². The van der Waals surface area contributed by atoms with E-state index in [1.807, 2.05) is 0 Å². The second-order valence-electron chi connectivity index (χ2n) is 9.33. The Balaban J connectivity index is 1.39. The zero-order chi connectivity index (χ0) is 20.5. The van der Waals surface area contributed by atoms with E-state index in [-0.39, 0.29) is 11.9 Å². The van der Waals surface area contributed by atoms with E-state index in [2.05, 4.69) is 43.3 Å². The maximum absolute atomic E-state index is 11.7. The number of unbranched alkanes of at least 4 members (excludes halogenated alkanes) is 2. The Labute approximate surface area is 178 Å². The van der Waals surface area contributed by atoms with Crippen LogP contribution in [0.2, 0.25) is 0 Å². The maximum atomic E-state index is 11.7. The lowest BCUT2D eigenvalue weighted by atomic mass is 9.77. The molecule has 29 heavy (non-hydrogen) atoms. The summed E-state index contributed by atoms with van der Waals surface area (Å²) in [5.74, 6) is 2.28. The molecule has 2 heteroatoms. The van der Waals surface area contributed by atoms with E-state index in [4.69, 9.17) is 4.74 Å². The molecule has 0 radical (unpaired) electrons. The van der Waals surface area contributed by atoms with Gasteiger partial charge in [0.2, 0.25) is 0 Å². The fourth-order valence-corrected chi connectivity index (χ4v) is 5.21. The summed E-state index contributed by atoms with van der Waals surface area (Å²) in [6.07, 6.45) is 19.7. The van der Waals surface area contributed by atoms with E-state index in [9.17, 15) is 4.79 Å². The van der Waals surface area contributed by atoms with Crippen LogP contribution < -0.4 is 0 Å². The van der Waals surface area contributed by atoms with Crippen molar-refractivity contribution in [2.24, 2.45) is 17.8 Å². The second-order valence-corrected chi connectivity index (χ2v) is 9.33. The second kappa shape index (κ2) is 11.6. The number of hydrogen-bond donors (Lipinski definition) is 0. The van der Waals surface area contributed by atoms with Gasteiger partial charge in [-0.2, -0.15) is 0 Å². The smallest absolute Gasteiger partial charge is 0.308 e. The minimum Gasteiger partial charge on any atom is -0.469 e. The highest BCUT2D eigenvalue weighted by molar-refractivity contribution is 5.72. The van der Waals surface area contributed by atoms with Gasteiger partial charge in [-0.25, -0.2) is 0 Å². The quantitative estimate of drug-likeness (QED) is 0.263. The zero-order valence-electron chi connectivity index (χ0n) is 18.6. The predicted octanol–water partition coefficient (Wildman–Crippen LogP) is 7.23. The van der Waals surface area contributed by atoms with Gasteiger partial charge in [0.05, 0.1) is 13.0 Å². The van der Waals surface area contributed by atoms with Crippen LogP contribution in [0.25, 0.3) is 0 Å². The van der Waals surface area contributed by atoms with Gasteiger partial charge < -0.3 is 4.74 Å². The third kappa shape index (κ3) is 6.73. The molecule has 2 aliphatic carbocycles. The summed E-state index contributed by atoms with van der Waals surface area (Å²) in [4.78, 5) is 11.7. The van der Waals surface area contributed by atoms with Gasteiger partial charge in [-0.05, 0) is 93.1 Å². The van der Waals surface area contributed by atoms with E-state index in [0.717, 1.165) is 37.5 Å². The first-order chi connectivity index (χ1) is 14.2. The Morgan fingerprint density at radius 2 is 1.48 bits per heavy atom. The highest BCUT2D eigenvalue weighted by Gasteiger charge is 2.26. The third-order valence-electron chi connectivity index (χ3n) is 7.25. The Morgan fingerprint density at radius 1 is 0.897 bits per heavy atom. The molecule has 0 aliphatic heterocycles. The number of ether oxygens (including phenoxy) is 1. The molecule has 1 aromatic carbocycles. The van der Waals surface area contributed by atoms with E-state index in [1.165, 1.54) is 64.0 Å². The summed E-state index contributed by atoms with van der Waals surface area (Å²) in [6, 6.07) is 9.51. The average molecular weight is 397 g/mol. The SMILES string of the molecule is CCCCCc1ccc([C@H]2CC[C@H](C=C[C@H]3CC[C@H](C(=O)OC)CC3)CC2)cc1. The number of carbonyl (C=O) groups excluding carboxylic acids is 1. The molecule has 0 N–H and O–H groups in total. The zero-order valence-corrected chi connectivity index (χ0v) is 18.6. The van der Waals surface area contributed by atoms with Gasteiger partial charge in [-0.1, -0.05) is 56.2 Å². The van der Waals surface area contributed by atoms with Gasteiger partial charge in [0, 0.05) is 0 Å². The summed E-state index contributed by atoms with van der Waals surface area (Å²) >= 11 is 0. The lowest BCUT2D eigenvalue weighted by Gasteiger charge is -2.28. The molecule has 0 atom stereocenters. The average Bonchev–Trinajstić information content (AvgIpc) is 2.78. The molecule has 0 spiro atoms. The monoisotopic (exact) mass is 396 g/mol. The molecule has 0 heterocycles. The molecule has 1 aromatic rings. The van der Waals surface area contributed by atoms with Gasteiger partial charge in [0.25, 0.3) is 0 Å². The first-order valence-electron chi connectivity index (χ1n) is 12.0. The van der Waals surface area contributed by atoms with E-state index in [1.54, 1.807) is 5.56 Å². The summed E-state index contributed by atoms with van der Waals surface area (Å²) in [5.41, 5.74) is 3.05. The summed E-state index contributed by atoms with van der Waals surface area (Å²) < 4.78 is 4.90. The largest absolute Gasteiger partial charge is 0.469 e. The molecule has 2 fully saturated rings. The number of aryl methyl sites for hydroxylation is 1. The van der Waals surface area contributed by atoms with Crippen LogP contribution in [-0.4, -0.2) is 13.1 Å². The Morgan fingerprint density at radius 3 is 2.03 bits per heavy atom. The molecule has 0 aromatic heterocycles. The highest BCUT2D eigenvalue weighted by Crippen LogP contribution is 2.37.